The summed E-state index contributed by atoms with van der Waals surface area (Å²) in [5.74, 6) is 0. The lowest BCUT2D eigenvalue weighted by Crippen LogP contribution is -2.26. The molecule has 0 aliphatic carbocycles. The normalized spacial score (nSPS) is 14.3. The Bertz CT molecular complexity index is 132. The highest BCUT2D eigenvalue weighted by Crippen LogP contribution is 2.36. The zero-order valence-electron chi connectivity index (χ0n) is 9.47. The van der Waals surface area contributed by atoms with Gasteiger partial charge in [0.2, 0.25) is 0 Å². The van der Waals surface area contributed by atoms with Gasteiger partial charge in [-0.15, -0.1) is 0 Å². The average Bonchev–Trinajstić information content (AvgIpc) is 1.82. The van der Waals surface area contributed by atoms with Gasteiger partial charge < -0.3 is 10.2 Å². The van der Waals surface area contributed by atoms with E-state index >= 15 is 0 Å². The second-order valence-electron chi connectivity index (χ2n) is 5.41. The average molecular weight is 185 g/mol. The van der Waals surface area contributed by atoms with E-state index in [1.165, 1.54) is 6.42 Å². The molecule has 13 heavy (non-hydrogen) atoms. The summed E-state index contributed by atoms with van der Waals surface area (Å²) in [7, 11) is 0. The summed E-state index contributed by atoms with van der Waals surface area (Å²) in [5.41, 5.74) is -0.613. The Morgan fingerprint density at radius 1 is 0.769 bits per heavy atom. The Hall–Kier alpha value is -0.0800. The fourth-order valence-electron chi connectivity index (χ4n) is 0.563. The van der Waals surface area contributed by atoms with Crippen LogP contribution in [-0.2, 0) is 0 Å². The number of hydrogen-bond acceptors (Lipinski definition) is 2. The van der Waals surface area contributed by atoms with Crippen LogP contribution < -0.4 is 0 Å². The maximum Gasteiger partial charge on any atom is 0.105 e. The van der Waals surface area contributed by atoms with E-state index in [0.717, 1.165) is 0 Å². The Morgan fingerprint density at radius 2 is 1.00 bits per heavy atom. The molecule has 0 aliphatic rings. The van der Waals surface area contributed by atoms with Crippen molar-refractivity contribution < 1.29 is 10.2 Å². The maximum atomic E-state index is 9.60. The minimum absolute atomic E-state index is 0.208. The molecule has 2 N–H and O–H groups in total. The first-order valence-electron chi connectivity index (χ1n) is 4.52. The van der Waals surface area contributed by atoms with Gasteiger partial charge in [-0.1, -0.05) is 41.5 Å². The van der Waals surface area contributed by atoms with Crippen molar-refractivity contribution in [1.29, 1.82) is 0 Å². The van der Waals surface area contributed by atoms with Crippen LogP contribution >= 0.6 is 0 Å². The fraction of sp³-hybridized carbons (Fsp3) is 0.727. The van der Waals surface area contributed by atoms with Crippen molar-refractivity contribution in [1.82, 2.24) is 0 Å². The minimum atomic E-state index is -0.306. The van der Waals surface area contributed by atoms with Gasteiger partial charge in [-0.25, -0.2) is 0 Å². The molecule has 0 rings (SSSR count). The van der Waals surface area contributed by atoms with Crippen molar-refractivity contribution in [3.63, 3.8) is 0 Å². The van der Waals surface area contributed by atoms with E-state index in [4.69, 9.17) is 0 Å². The lowest BCUT2D eigenvalue weighted by Gasteiger charge is -2.30. The number of hydrogen-bond donors (Lipinski definition) is 2. The van der Waals surface area contributed by atoms with Gasteiger partial charge in [0.1, 0.15) is 12.2 Å². The van der Waals surface area contributed by atoms with Gasteiger partial charge in [-0.3, -0.25) is 0 Å². The van der Waals surface area contributed by atoms with Gasteiger partial charge in [0.05, 0.1) is 0 Å². The van der Waals surface area contributed by atoms with E-state index in [9.17, 15) is 10.2 Å². The summed E-state index contributed by atoms with van der Waals surface area (Å²) in [4.78, 5) is 0. The summed E-state index contributed by atoms with van der Waals surface area (Å²) < 4.78 is 0. The Kier molecular flexibility index (Phi) is 3.95. The van der Waals surface area contributed by atoms with Crippen molar-refractivity contribution in [3.8, 4) is 0 Å². The Balaban J connectivity index is 4.15. The van der Waals surface area contributed by atoms with Crippen LogP contribution in [0.5, 0.6) is 0 Å². The number of rotatable bonds is 2. The van der Waals surface area contributed by atoms with E-state index in [1.807, 2.05) is 41.5 Å². The third kappa shape index (κ3) is 4.63. The third-order valence-corrected chi connectivity index (χ3v) is 1.81. The molecule has 0 saturated carbocycles. The van der Waals surface area contributed by atoms with Crippen LogP contribution in [0.2, 0.25) is 0 Å². The standard InChI is InChI=1S/C11H21O2/c1-10(2,3)8(12)7-9(13)11(4,5)6/h7,12-13H,1-6H3. The summed E-state index contributed by atoms with van der Waals surface area (Å²) in [6, 6.07) is 0. The summed E-state index contributed by atoms with van der Waals surface area (Å²) in [6.07, 6.45) is 1.86. The van der Waals surface area contributed by atoms with Crippen molar-refractivity contribution in [3.05, 3.63) is 18.6 Å². The van der Waals surface area contributed by atoms with Crippen LogP contribution in [0.15, 0.2) is 0 Å². The van der Waals surface area contributed by atoms with E-state index < -0.39 is 0 Å². The first-order valence-corrected chi connectivity index (χ1v) is 4.52. The van der Waals surface area contributed by atoms with Gasteiger partial charge in [-0.05, 0) is 10.8 Å². The first kappa shape index (κ1) is 12.9. The Morgan fingerprint density at radius 3 is 1.15 bits per heavy atom. The van der Waals surface area contributed by atoms with Crippen molar-refractivity contribution in [2.45, 2.75) is 41.5 Å². The van der Waals surface area contributed by atoms with Crippen LogP contribution in [0.3, 0.4) is 0 Å². The second-order valence-corrected chi connectivity index (χ2v) is 5.41. The van der Waals surface area contributed by atoms with E-state index in [-0.39, 0.29) is 23.0 Å². The van der Waals surface area contributed by atoms with Crippen LogP contribution in [0.1, 0.15) is 41.5 Å². The molecular weight excluding hydrogens is 164 g/mol. The highest BCUT2D eigenvalue weighted by atomic mass is 16.3. The SMILES string of the molecule is CC(C)(C)[C](O)[CH][C](O)C(C)(C)C. The molecule has 2 nitrogen and oxygen atoms in total. The fourth-order valence-corrected chi connectivity index (χ4v) is 0.563. The molecule has 0 aliphatic heterocycles. The van der Waals surface area contributed by atoms with Crippen LogP contribution in [0.25, 0.3) is 0 Å². The quantitative estimate of drug-likeness (QED) is 0.694. The summed E-state index contributed by atoms with van der Waals surface area (Å²) >= 11 is 0. The molecule has 0 aromatic heterocycles. The zero-order chi connectivity index (χ0) is 10.9. The van der Waals surface area contributed by atoms with Crippen LogP contribution in [0, 0.1) is 29.5 Å². The maximum absolute atomic E-state index is 9.60. The van der Waals surface area contributed by atoms with Crippen molar-refractivity contribution in [2.24, 2.45) is 10.8 Å². The molecule has 77 valence electrons. The molecule has 0 fully saturated rings. The van der Waals surface area contributed by atoms with Gasteiger partial charge in [0.25, 0.3) is 0 Å². The molecule has 0 atom stereocenters. The molecule has 0 saturated heterocycles. The molecule has 0 aromatic carbocycles. The summed E-state index contributed by atoms with van der Waals surface area (Å²) in [6.45, 7) is 11.4. The van der Waals surface area contributed by atoms with Crippen LogP contribution in [-0.4, -0.2) is 10.2 Å². The zero-order valence-corrected chi connectivity index (χ0v) is 9.47. The monoisotopic (exact) mass is 185 g/mol. The lowest BCUT2D eigenvalue weighted by molar-refractivity contribution is 0.145. The molecule has 2 heteroatoms. The van der Waals surface area contributed by atoms with Gasteiger partial charge in [0.15, 0.2) is 0 Å². The van der Waals surface area contributed by atoms with Gasteiger partial charge in [0, 0.05) is 6.42 Å². The molecule has 3 radical (unpaired) electrons. The predicted octanol–water partition coefficient (Wildman–Crippen LogP) is 3.09. The molecular formula is C11H21O2. The molecule has 0 aromatic rings. The van der Waals surface area contributed by atoms with E-state index in [1.54, 1.807) is 0 Å². The van der Waals surface area contributed by atoms with Crippen molar-refractivity contribution >= 4 is 0 Å². The smallest absolute Gasteiger partial charge is 0.105 e. The molecule has 0 amide bonds. The Labute approximate surface area is 82.0 Å². The highest BCUT2D eigenvalue weighted by molar-refractivity contribution is 5.16. The highest BCUT2D eigenvalue weighted by Gasteiger charge is 2.32. The minimum Gasteiger partial charge on any atom is -0.386 e. The van der Waals surface area contributed by atoms with Crippen LogP contribution in [0.4, 0.5) is 0 Å². The second kappa shape index (κ2) is 3.97. The number of aliphatic hydroxyl groups is 2. The van der Waals surface area contributed by atoms with Gasteiger partial charge >= 0.3 is 0 Å². The van der Waals surface area contributed by atoms with E-state index in [2.05, 4.69) is 0 Å². The summed E-state index contributed by atoms with van der Waals surface area (Å²) in [5, 5.41) is 19.2. The third-order valence-electron chi connectivity index (χ3n) is 1.81. The van der Waals surface area contributed by atoms with E-state index in [0.29, 0.717) is 0 Å². The molecule has 0 spiro atoms. The first-order chi connectivity index (χ1) is 5.55. The molecule has 0 unspecified atom stereocenters. The lowest BCUT2D eigenvalue weighted by atomic mass is 9.79. The largest absolute Gasteiger partial charge is 0.386 e. The molecule has 0 heterocycles. The number of aliphatic hydroxyl groups excluding tert-OH is 2. The van der Waals surface area contributed by atoms with Crippen molar-refractivity contribution in [2.75, 3.05) is 0 Å². The topological polar surface area (TPSA) is 40.5 Å². The predicted molar refractivity (Wildman–Crippen MR) is 53.6 cm³/mol. The molecule has 0 bridgehead atoms. The van der Waals surface area contributed by atoms with Gasteiger partial charge in [-0.2, -0.15) is 0 Å².